The van der Waals surface area contributed by atoms with Gasteiger partial charge in [-0.2, -0.15) is 0 Å². The number of benzene rings is 2. The highest BCUT2D eigenvalue weighted by Crippen LogP contribution is 2.24. The van der Waals surface area contributed by atoms with E-state index in [1.165, 1.54) is 0 Å². The molecule has 0 amide bonds. The van der Waals surface area contributed by atoms with Crippen LogP contribution in [0.2, 0.25) is 5.02 Å². The van der Waals surface area contributed by atoms with Gasteiger partial charge in [0.25, 0.3) is 0 Å². The summed E-state index contributed by atoms with van der Waals surface area (Å²) in [6.45, 7) is 0. The molecule has 0 spiro atoms. The second kappa shape index (κ2) is 5.21. The first-order valence-electron chi connectivity index (χ1n) is 5.96. The molecule has 0 aliphatic carbocycles. The third-order valence-electron chi connectivity index (χ3n) is 2.86. The van der Waals surface area contributed by atoms with Crippen LogP contribution in [0.15, 0.2) is 67.0 Å². The van der Waals surface area contributed by atoms with Gasteiger partial charge in [0, 0.05) is 16.1 Å². The zero-order valence-electron chi connectivity index (χ0n) is 10.1. The standard InChI is InChI=1S/C16H11ClN2/c17-14-8-4-7-13(9-14)16-10-15(18-11-19-16)12-5-2-1-3-6-12/h1-11H. The number of halogens is 1. The zero-order chi connectivity index (χ0) is 13.1. The van der Waals surface area contributed by atoms with E-state index < -0.39 is 0 Å². The lowest BCUT2D eigenvalue weighted by Crippen LogP contribution is -1.89. The lowest BCUT2D eigenvalue weighted by molar-refractivity contribution is 1.18. The first-order valence-corrected chi connectivity index (χ1v) is 6.34. The summed E-state index contributed by atoms with van der Waals surface area (Å²) in [6, 6.07) is 19.7. The van der Waals surface area contributed by atoms with Crippen LogP contribution >= 0.6 is 11.6 Å². The predicted octanol–water partition coefficient (Wildman–Crippen LogP) is 4.46. The Morgan fingerprint density at radius 1 is 0.684 bits per heavy atom. The molecule has 1 aromatic heterocycles. The minimum absolute atomic E-state index is 0.706. The van der Waals surface area contributed by atoms with Gasteiger partial charge in [-0.05, 0) is 18.2 Å². The molecule has 0 atom stereocenters. The fraction of sp³-hybridized carbons (Fsp3) is 0. The zero-order valence-corrected chi connectivity index (χ0v) is 10.9. The molecule has 1 heterocycles. The molecule has 3 heteroatoms. The first-order chi connectivity index (χ1) is 9.33. The van der Waals surface area contributed by atoms with Crippen molar-refractivity contribution < 1.29 is 0 Å². The van der Waals surface area contributed by atoms with Gasteiger partial charge in [0.1, 0.15) is 6.33 Å². The Hall–Kier alpha value is -2.19. The van der Waals surface area contributed by atoms with Crippen LogP contribution in [0, 0.1) is 0 Å². The van der Waals surface area contributed by atoms with Crippen LogP contribution in [-0.4, -0.2) is 9.97 Å². The SMILES string of the molecule is Clc1cccc(-c2cc(-c3ccccc3)ncn2)c1. The average molecular weight is 267 g/mol. The van der Waals surface area contributed by atoms with Crippen molar-refractivity contribution in [2.45, 2.75) is 0 Å². The fourth-order valence-electron chi connectivity index (χ4n) is 1.93. The molecular weight excluding hydrogens is 256 g/mol. The summed E-state index contributed by atoms with van der Waals surface area (Å²) in [7, 11) is 0. The molecule has 0 aliphatic rings. The van der Waals surface area contributed by atoms with E-state index in [1.54, 1.807) is 6.33 Å². The molecule has 2 nitrogen and oxygen atoms in total. The predicted molar refractivity (Wildman–Crippen MR) is 77.9 cm³/mol. The number of aromatic nitrogens is 2. The maximum absolute atomic E-state index is 6.01. The van der Waals surface area contributed by atoms with Gasteiger partial charge in [0.15, 0.2) is 0 Å². The molecule has 3 rings (SSSR count). The van der Waals surface area contributed by atoms with Crippen LogP contribution in [-0.2, 0) is 0 Å². The monoisotopic (exact) mass is 266 g/mol. The highest BCUT2D eigenvalue weighted by atomic mass is 35.5. The van der Waals surface area contributed by atoms with Crippen LogP contribution in [0.4, 0.5) is 0 Å². The molecule has 0 saturated heterocycles. The third-order valence-corrected chi connectivity index (χ3v) is 3.09. The molecule has 0 N–H and O–H groups in total. The van der Waals surface area contributed by atoms with Gasteiger partial charge in [-0.25, -0.2) is 9.97 Å². The summed E-state index contributed by atoms with van der Waals surface area (Å²) in [4.78, 5) is 8.62. The van der Waals surface area contributed by atoms with E-state index in [-0.39, 0.29) is 0 Å². The van der Waals surface area contributed by atoms with Crippen molar-refractivity contribution in [3.8, 4) is 22.5 Å². The number of hydrogen-bond acceptors (Lipinski definition) is 2. The summed E-state index contributed by atoms with van der Waals surface area (Å²) >= 11 is 6.01. The van der Waals surface area contributed by atoms with Crippen molar-refractivity contribution in [3.63, 3.8) is 0 Å². The summed E-state index contributed by atoms with van der Waals surface area (Å²) in [5, 5.41) is 0.706. The van der Waals surface area contributed by atoms with Crippen LogP contribution in [0.1, 0.15) is 0 Å². The van der Waals surface area contributed by atoms with E-state index in [0.717, 1.165) is 22.5 Å². The number of rotatable bonds is 2. The highest BCUT2D eigenvalue weighted by Gasteiger charge is 2.04. The van der Waals surface area contributed by atoms with Crippen molar-refractivity contribution in [2.24, 2.45) is 0 Å². The van der Waals surface area contributed by atoms with Gasteiger partial charge in [-0.1, -0.05) is 54.1 Å². The van der Waals surface area contributed by atoms with Gasteiger partial charge in [0.2, 0.25) is 0 Å². The summed E-state index contributed by atoms with van der Waals surface area (Å²) in [6.07, 6.45) is 1.58. The molecule has 92 valence electrons. The quantitative estimate of drug-likeness (QED) is 0.684. The van der Waals surface area contributed by atoms with E-state index in [9.17, 15) is 0 Å². The lowest BCUT2D eigenvalue weighted by Gasteiger charge is -2.04. The number of hydrogen-bond donors (Lipinski definition) is 0. The van der Waals surface area contributed by atoms with Crippen LogP contribution in [0.3, 0.4) is 0 Å². The molecule has 0 fully saturated rings. The minimum Gasteiger partial charge on any atom is -0.236 e. The molecule has 2 aromatic carbocycles. The largest absolute Gasteiger partial charge is 0.236 e. The Kier molecular flexibility index (Phi) is 3.25. The Bertz CT molecular complexity index is 696. The van der Waals surface area contributed by atoms with Gasteiger partial charge in [0.05, 0.1) is 11.4 Å². The van der Waals surface area contributed by atoms with Crippen molar-refractivity contribution in [1.82, 2.24) is 9.97 Å². The molecule has 0 bridgehead atoms. The highest BCUT2D eigenvalue weighted by molar-refractivity contribution is 6.30. The van der Waals surface area contributed by atoms with E-state index in [1.807, 2.05) is 60.7 Å². The lowest BCUT2D eigenvalue weighted by atomic mass is 10.1. The molecule has 0 unspecified atom stereocenters. The van der Waals surface area contributed by atoms with Crippen LogP contribution in [0.25, 0.3) is 22.5 Å². The molecular formula is C16H11ClN2. The van der Waals surface area contributed by atoms with E-state index in [4.69, 9.17) is 11.6 Å². The summed E-state index contributed by atoms with van der Waals surface area (Å²) in [5.74, 6) is 0. The topological polar surface area (TPSA) is 25.8 Å². The van der Waals surface area contributed by atoms with Gasteiger partial charge in [-0.15, -0.1) is 0 Å². The van der Waals surface area contributed by atoms with Gasteiger partial charge < -0.3 is 0 Å². The minimum atomic E-state index is 0.706. The first kappa shape index (κ1) is 11.9. The molecule has 0 radical (unpaired) electrons. The van der Waals surface area contributed by atoms with Crippen molar-refractivity contribution in [1.29, 1.82) is 0 Å². The molecule has 0 saturated carbocycles. The second-order valence-electron chi connectivity index (χ2n) is 4.16. The fourth-order valence-corrected chi connectivity index (χ4v) is 2.12. The van der Waals surface area contributed by atoms with Gasteiger partial charge in [-0.3, -0.25) is 0 Å². The van der Waals surface area contributed by atoms with Crippen LogP contribution in [0.5, 0.6) is 0 Å². The van der Waals surface area contributed by atoms with Crippen molar-refractivity contribution >= 4 is 11.6 Å². The van der Waals surface area contributed by atoms with Crippen molar-refractivity contribution in [3.05, 3.63) is 72.0 Å². The van der Waals surface area contributed by atoms with E-state index in [2.05, 4.69) is 9.97 Å². The van der Waals surface area contributed by atoms with Crippen LogP contribution < -0.4 is 0 Å². The smallest absolute Gasteiger partial charge is 0.116 e. The van der Waals surface area contributed by atoms with Gasteiger partial charge >= 0.3 is 0 Å². The normalized spacial score (nSPS) is 10.4. The maximum atomic E-state index is 6.01. The Labute approximate surface area is 116 Å². The Balaban J connectivity index is 2.06. The molecule has 3 aromatic rings. The Morgan fingerprint density at radius 3 is 2.11 bits per heavy atom. The third kappa shape index (κ3) is 2.64. The molecule has 0 aliphatic heterocycles. The van der Waals surface area contributed by atoms with E-state index in [0.29, 0.717) is 5.02 Å². The van der Waals surface area contributed by atoms with Crippen molar-refractivity contribution in [2.75, 3.05) is 0 Å². The average Bonchev–Trinajstić information content (AvgIpc) is 2.48. The molecule has 19 heavy (non-hydrogen) atoms. The summed E-state index contributed by atoms with van der Waals surface area (Å²) in [5.41, 5.74) is 3.85. The number of nitrogens with zero attached hydrogens (tertiary/aromatic N) is 2. The Morgan fingerprint density at radius 2 is 1.37 bits per heavy atom. The second-order valence-corrected chi connectivity index (χ2v) is 4.60. The maximum Gasteiger partial charge on any atom is 0.116 e. The van der Waals surface area contributed by atoms with E-state index >= 15 is 0 Å². The summed E-state index contributed by atoms with van der Waals surface area (Å²) < 4.78 is 0.